The van der Waals surface area contributed by atoms with Gasteiger partial charge in [-0.15, -0.1) is 0 Å². The van der Waals surface area contributed by atoms with E-state index in [9.17, 15) is 9.59 Å². The number of aromatic nitrogens is 1. The van der Waals surface area contributed by atoms with Gasteiger partial charge in [-0.25, -0.2) is 0 Å². The largest absolute Gasteiger partial charge is 0.336 e. The first-order valence-electron chi connectivity index (χ1n) is 7.36. The zero-order valence-electron chi connectivity index (χ0n) is 12.4. The molecule has 1 atom stereocenters. The summed E-state index contributed by atoms with van der Waals surface area (Å²) in [4.78, 5) is 30.4. The van der Waals surface area contributed by atoms with E-state index in [1.165, 1.54) is 0 Å². The first kappa shape index (κ1) is 15.7. The molecule has 1 unspecified atom stereocenters. The fraction of sp³-hybridized carbons (Fsp3) is 0.235. The molecule has 2 heterocycles. The van der Waals surface area contributed by atoms with Crippen molar-refractivity contribution in [2.24, 2.45) is 5.92 Å². The van der Waals surface area contributed by atoms with Crippen LogP contribution in [0.3, 0.4) is 0 Å². The zero-order chi connectivity index (χ0) is 16.2. The van der Waals surface area contributed by atoms with Crippen LogP contribution < -0.4 is 5.32 Å². The molecule has 2 aromatic rings. The van der Waals surface area contributed by atoms with Crippen LogP contribution in [-0.4, -0.2) is 28.2 Å². The number of carbonyl (C=O) groups excluding carboxylic acids is 2. The number of nitrogens with zero attached hydrogens (tertiary/aromatic N) is 2. The van der Waals surface area contributed by atoms with Gasteiger partial charge < -0.3 is 10.2 Å². The minimum atomic E-state index is -0.329. The third-order valence-corrected chi connectivity index (χ3v) is 4.25. The zero-order valence-corrected chi connectivity index (χ0v) is 14.0. The van der Waals surface area contributed by atoms with Crippen LogP contribution in [0.2, 0.25) is 0 Å². The number of anilines is 1. The summed E-state index contributed by atoms with van der Waals surface area (Å²) in [5.41, 5.74) is 1.55. The van der Waals surface area contributed by atoms with E-state index in [2.05, 4.69) is 26.2 Å². The van der Waals surface area contributed by atoms with Crippen molar-refractivity contribution in [3.8, 4) is 0 Å². The Balaban J connectivity index is 1.61. The monoisotopic (exact) mass is 373 g/mol. The Labute approximate surface area is 142 Å². The highest BCUT2D eigenvalue weighted by Gasteiger charge is 2.34. The molecule has 5 nitrogen and oxygen atoms in total. The summed E-state index contributed by atoms with van der Waals surface area (Å²) in [6, 6.07) is 13.0. The van der Waals surface area contributed by atoms with Gasteiger partial charge in [-0.3, -0.25) is 14.6 Å². The first-order valence-corrected chi connectivity index (χ1v) is 8.15. The third kappa shape index (κ3) is 3.96. The maximum absolute atomic E-state index is 12.3. The molecule has 1 aliphatic heterocycles. The Hall–Kier alpha value is -2.21. The number of rotatable bonds is 4. The van der Waals surface area contributed by atoms with E-state index in [1.807, 2.05) is 42.5 Å². The molecule has 0 radical (unpaired) electrons. The predicted octanol–water partition coefficient (Wildman–Crippen LogP) is 2.83. The van der Waals surface area contributed by atoms with E-state index < -0.39 is 0 Å². The van der Waals surface area contributed by atoms with Crippen LogP contribution in [0.5, 0.6) is 0 Å². The van der Waals surface area contributed by atoms with Gasteiger partial charge in [-0.05, 0) is 30.3 Å². The van der Waals surface area contributed by atoms with E-state index in [0.29, 0.717) is 13.1 Å². The van der Waals surface area contributed by atoms with Gasteiger partial charge in [-0.1, -0.05) is 28.1 Å². The summed E-state index contributed by atoms with van der Waals surface area (Å²) >= 11 is 3.37. The van der Waals surface area contributed by atoms with Crippen LogP contribution in [0.15, 0.2) is 53.1 Å². The average molecular weight is 374 g/mol. The molecule has 0 spiro atoms. The summed E-state index contributed by atoms with van der Waals surface area (Å²) in [6.07, 6.45) is 1.94. The van der Waals surface area contributed by atoms with E-state index in [0.717, 1.165) is 15.9 Å². The molecule has 1 saturated heterocycles. The van der Waals surface area contributed by atoms with Gasteiger partial charge in [0.25, 0.3) is 0 Å². The number of halogens is 1. The van der Waals surface area contributed by atoms with E-state index in [-0.39, 0.29) is 24.2 Å². The maximum atomic E-state index is 12.3. The quantitative estimate of drug-likeness (QED) is 0.895. The van der Waals surface area contributed by atoms with Crippen molar-refractivity contribution >= 4 is 33.4 Å². The molecule has 3 rings (SSSR count). The third-order valence-electron chi connectivity index (χ3n) is 3.76. The lowest BCUT2D eigenvalue weighted by molar-refractivity contribution is -0.128. The fourth-order valence-corrected chi connectivity index (χ4v) is 3.00. The Bertz CT molecular complexity index is 721. The van der Waals surface area contributed by atoms with Gasteiger partial charge >= 0.3 is 0 Å². The number of nitrogens with one attached hydrogen (secondary N) is 1. The molecule has 0 aliphatic carbocycles. The van der Waals surface area contributed by atoms with Gasteiger partial charge in [-0.2, -0.15) is 0 Å². The van der Waals surface area contributed by atoms with Crippen molar-refractivity contribution in [1.29, 1.82) is 0 Å². The van der Waals surface area contributed by atoms with Crippen LogP contribution in [0.4, 0.5) is 5.69 Å². The highest BCUT2D eigenvalue weighted by atomic mass is 79.9. The van der Waals surface area contributed by atoms with Gasteiger partial charge in [0.1, 0.15) is 0 Å². The van der Waals surface area contributed by atoms with Crippen LogP contribution in [-0.2, 0) is 16.1 Å². The Morgan fingerprint density at radius 1 is 1.30 bits per heavy atom. The van der Waals surface area contributed by atoms with Crippen molar-refractivity contribution < 1.29 is 9.59 Å². The molecule has 6 heteroatoms. The molecular weight excluding hydrogens is 358 g/mol. The molecule has 1 fully saturated rings. The highest BCUT2D eigenvalue weighted by Crippen LogP contribution is 2.22. The number of benzene rings is 1. The van der Waals surface area contributed by atoms with Crippen LogP contribution in [0, 0.1) is 5.92 Å². The van der Waals surface area contributed by atoms with Crippen molar-refractivity contribution in [2.45, 2.75) is 13.0 Å². The fourth-order valence-electron chi connectivity index (χ4n) is 2.60. The van der Waals surface area contributed by atoms with Gasteiger partial charge in [0.2, 0.25) is 11.8 Å². The normalized spacial score (nSPS) is 17.3. The van der Waals surface area contributed by atoms with Crippen LogP contribution >= 0.6 is 15.9 Å². The second-order valence-electron chi connectivity index (χ2n) is 5.50. The average Bonchev–Trinajstić information content (AvgIpc) is 2.89. The Morgan fingerprint density at radius 3 is 2.91 bits per heavy atom. The topological polar surface area (TPSA) is 62.3 Å². The van der Waals surface area contributed by atoms with Crippen LogP contribution in [0.25, 0.3) is 0 Å². The molecular formula is C17H16BrN3O2. The molecule has 118 valence electrons. The summed E-state index contributed by atoms with van der Waals surface area (Å²) in [5.74, 6) is -0.463. The number of carbonyl (C=O) groups is 2. The predicted molar refractivity (Wildman–Crippen MR) is 90.5 cm³/mol. The number of likely N-dealkylation sites (tertiary alicyclic amines) is 1. The van der Waals surface area contributed by atoms with Crippen molar-refractivity contribution in [2.75, 3.05) is 11.9 Å². The summed E-state index contributed by atoms with van der Waals surface area (Å²) in [7, 11) is 0. The lowest BCUT2D eigenvalue weighted by Crippen LogP contribution is -2.28. The van der Waals surface area contributed by atoms with E-state index in [4.69, 9.17) is 0 Å². The molecule has 1 N–H and O–H groups in total. The summed E-state index contributed by atoms with van der Waals surface area (Å²) in [5, 5.41) is 2.87. The standard InChI is InChI=1S/C17H16BrN3O2/c18-13-4-3-6-14(9-13)20-17(23)12-8-16(22)21(10-12)11-15-5-1-2-7-19-15/h1-7,9,12H,8,10-11H2,(H,20,23). The van der Waals surface area contributed by atoms with Gasteiger partial charge in [0.15, 0.2) is 0 Å². The second-order valence-corrected chi connectivity index (χ2v) is 6.41. The van der Waals surface area contributed by atoms with Crippen LogP contribution in [0.1, 0.15) is 12.1 Å². The highest BCUT2D eigenvalue weighted by molar-refractivity contribution is 9.10. The smallest absolute Gasteiger partial charge is 0.229 e. The number of pyridine rings is 1. The first-order chi connectivity index (χ1) is 11.1. The summed E-state index contributed by atoms with van der Waals surface area (Å²) in [6.45, 7) is 0.871. The lowest BCUT2D eigenvalue weighted by atomic mass is 10.1. The van der Waals surface area contributed by atoms with E-state index in [1.54, 1.807) is 11.1 Å². The lowest BCUT2D eigenvalue weighted by Gasteiger charge is -2.16. The Morgan fingerprint density at radius 2 is 2.17 bits per heavy atom. The molecule has 1 aromatic heterocycles. The minimum Gasteiger partial charge on any atom is -0.336 e. The number of hydrogen-bond donors (Lipinski definition) is 1. The minimum absolute atomic E-state index is 0.00922. The SMILES string of the molecule is O=C(Nc1cccc(Br)c1)C1CC(=O)N(Cc2ccccn2)C1. The van der Waals surface area contributed by atoms with E-state index >= 15 is 0 Å². The van der Waals surface area contributed by atoms with Gasteiger partial charge in [0, 0.05) is 29.3 Å². The Kier molecular flexibility index (Phi) is 4.71. The van der Waals surface area contributed by atoms with Crippen molar-refractivity contribution in [3.05, 3.63) is 58.8 Å². The second kappa shape index (κ2) is 6.91. The molecule has 1 aliphatic rings. The summed E-state index contributed by atoms with van der Waals surface area (Å²) < 4.78 is 0.898. The molecule has 2 amide bonds. The molecule has 0 saturated carbocycles. The van der Waals surface area contributed by atoms with Gasteiger partial charge in [0.05, 0.1) is 18.2 Å². The van der Waals surface area contributed by atoms with Crippen molar-refractivity contribution in [3.63, 3.8) is 0 Å². The number of hydrogen-bond acceptors (Lipinski definition) is 3. The molecule has 23 heavy (non-hydrogen) atoms. The maximum Gasteiger partial charge on any atom is 0.229 e. The molecule has 1 aromatic carbocycles. The number of amides is 2. The van der Waals surface area contributed by atoms with Crippen molar-refractivity contribution in [1.82, 2.24) is 9.88 Å². The molecule has 0 bridgehead atoms.